The van der Waals surface area contributed by atoms with Gasteiger partial charge in [0, 0.05) is 0 Å². The van der Waals surface area contributed by atoms with Crippen LogP contribution < -0.4 is 4.74 Å². The Labute approximate surface area is 146 Å². The van der Waals surface area contributed by atoms with Gasteiger partial charge in [-0.05, 0) is 30.5 Å². The fraction of sp³-hybridized carbons (Fsp3) is 0.250. The number of ether oxygens (including phenoxy) is 1. The first-order chi connectivity index (χ1) is 11.7. The molecule has 2 aromatic carbocycles. The first kappa shape index (κ1) is 19.6. The van der Waals surface area contributed by atoms with Crippen molar-refractivity contribution in [1.29, 1.82) is 0 Å². The van der Waals surface area contributed by atoms with Gasteiger partial charge in [-0.25, -0.2) is 0 Å². The molecule has 0 saturated heterocycles. The Morgan fingerprint density at radius 3 is 1.92 bits per heavy atom. The number of rotatable bonds is 8. The number of benzene rings is 2. The van der Waals surface area contributed by atoms with E-state index < -0.39 is 35.2 Å². The van der Waals surface area contributed by atoms with Crippen molar-refractivity contribution in [3.05, 3.63) is 66.2 Å². The van der Waals surface area contributed by atoms with Gasteiger partial charge in [-0.1, -0.05) is 48.5 Å². The van der Waals surface area contributed by atoms with E-state index in [0.29, 0.717) is 5.75 Å². The third-order valence-corrected chi connectivity index (χ3v) is 7.14. The van der Waals surface area contributed by atoms with E-state index in [1.54, 1.807) is 54.6 Å². The van der Waals surface area contributed by atoms with Crippen LogP contribution in [0.4, 0.5) is 0 Å². The van der Waals surface area contributed by atoms with Crippen LogP contribution in [0.2, 0.25) is 0 Å². The van der Waals surface area contributed by atoms with Gasteiger partial charge < -0.3 is 14.5 Å². The number of para-hydroxylation sites is 1. The minimum Gasteiger partial charge on any atom is -0.486 e. The summed E-state index contributed by atoms with van der Waals surface area (Å²) in [5.41, 5.74) is 0.728. The molecule has 2 atom stereocenters. The maximum atomic E-state index is 11.4. The normalized spacial score (nSPS) is 14.7. The van der Waals surface area contributed by atoms with Crippen LogP contribution in [-0.2, 0) is 14.7 Å². The Kier molecular flexibility index (Phi) is 6.37. The summed E-state index contributed by atoms with van der Waals surface area (Å²) >= 11 is 0. The van der Waals surface area contributed by atoms with Gasteiger partial charge >= 0.3 is 7.60 Å². The van der Waals surface area contributed by atoms with E-state index in [9.17, 15) is 22.8 Å². The Balaban J connectivity index is 2.23. The van der Waals surface area contributed by atoms with Gasteiger partial charge in [-0.3, -0.25) is 9.12 Å². The second-order valence-electron chi connectivity index (χ2n) is 5.47. The number of hydrogen-bond acceptors (Lipinski definition) is 4. The molecule has 2 aromatic rings. The molecule has 0 aliphatic rings. The van der Waals surface area contributed by atoms with Gasteiger partial charge in [-0.15, -0.1) is 0 Å². The monoisotopic (exact) mass is 386 g/mol. The molecule has 0 saturated carbocycles. The second-order valence-corrected chi connectivity index (χ2v) is 9.22. The lowest BCUT2D eigenvalue weighted by Gasteiger charge is -2.22. The predicted octanol–water partition coefficient (Wildman–Crippen LogP) is 2.98. The maximum Gasteiger partial charge on any atom is 0.346 e. The molecule has 7 nitrogen and oxygen atoms in total. The topological polar surface area (TPSA) is 121 Å². The largest absolute Gasteiger partial charge is 0.486 e. The van der Waals surface area contributed by atoms with Crippen molar-refractivity contribution in [1.82, 2.24) is 0 Å². The minimum absolute atomic E-state index is 0.00548. The first-order valence-electron chi connectivity index (χ1n) is 7.46. The summed E-state index contributed by atoms with van der Waals surface area (Å²) in [5.74, 6) is 0.538. The summed E-state index contributed by atoms with van der Waals surface area (Å²) in [5, 5.41) is 0. The third kappa shape index (κ3) is 5.95. The molecule has 0 aromatic heterocycles. The molecule has 0 spiro atoms. The molecule has 2 unspecified atom stereocenters. The van der Waals surface area contributed by atoms with Gasteiger partial charge in [-0.2, -0.15) is 8.42 Å². The Morgan fingerprint density at radius 1 is 0.920 bits per heavy atom. The van der Waals surface area contributed by atoms with Gasteiger partial charge in [0.1, 0.15) is 11.9 Å². The molecule has 0 bridgehead atoms. The van der Waals surface area contributed by atoms with E-state index in [-0.39, 0.29) is 6.42 Å². The highest BCUT2D eigenvalue weighted by atomic mass is 32.2. The van der Waals surface area contributed by atoms with Gasteiger partial charge in [0.15, 0.2) is 4.99 Å². The molecule has 2 rings (SSSR count). The smallest absolute Gasteiger partial charge is 0.346 e. The first-order valence-corrected chi connectivity index (χ1v) is 10.6. The van der Waals surface area contributed by atoms with E-state index in [4.69, 9.17) is 9.29 Å². The Bertz CT molecular complexity index is 818. The Morgan fingerprint density at radius 2 is 1.44 bits per heavy atom. The SMILES string of the molecule is O=P(O)(O)C(CCC(Oc1ccccc1)c1ccccc1)S(=O)(=O)O. The molecule has 0 radical (unpaired) electrons. The number of hydrogen-bond donors (Lipinski definition) is 3. The van der Waals surface area contributed by atoms with E-state index >= 15 is 0 Å². The fourth-order valence-electron chi connectivity index (χ4n) is 2.41. The molecule has 9 heteroatoms. The second kappa shape index (κ2) is 8.12. The zero-order valence-corrected chi connectivity index (χ0v) is 14.9. The van der Waals surface area contributed by atoms with Crippen molar-refractivity contribution in [3.8, 4) is 5.75 Å². The van der Waals surface area contributed by atoms with Crippen LogP contribution in [0.1, 0.15) is 24.5 Å². The van der Waals surface area contributed by atoms with E-state index in [0.717, 1.165) is 5.56 Å². The van der Waals surface area contributed by atoms with Crippen LogP contribution in [-0.4, -0.2) is 27.7 Å². The van der Waals surface area contributed by atoms with E-state index in [2.05, 4.69) is 0 Å². The molecule has 0 fully saturated rings. The third-order valence-electron chi connectivity index (χ3n) is 3.59. The van der Waals surface area contributed by atoms with Crippen LogP contribution in [0.5, 0.6) is 5.75 Å². The highest BCUT2D eigenvalue weighted by Crippen LogP contribution is 2.47. The van der Waals surface area contributed by atoms with Crippen LogP contribution in [0.15, 0.2) is 60.7 Å². The van der Waals surface area contributed by atoms with Crippen LogP contribution >= 0.6 is 7.60 Å². The minimum atomic E-state index is -5.02. The Hall–Kier alpha value is -1.70. The molecule has 0 heterocycles. The van der Waals surface area contributed by atoms with E-state index in [1.807, 2.05) is 6.07 Å². The van der Waals surface area contributed by atoms with Crippen LogP contribution in [0, 0.1) is 0 Å². The summed E-state index contributed by atoms with van der Waals surface area (Å²) in [6.07, 6.45) is -1.08. The van der Waals surface area contributed by atoms with Crippen LogP contribution in [0.3, 0.4) is 0 Å². The van der Waals surface area contributed by atoms with E-state index in [1.165, 1.54) is 0 Å². The molecule has 25 heavy (non-hydrogen) atoms. The molecule has 0 aliphatic carbocycles. The fourth-order valence-corrected chi connectivity index (χ4v) is 4.72. The summed E-state index contributed by atoms with van der Waals surface area (Å²) in [7, 11) is -9.91. The predicted molar refractivity (Wildman–Crippen MR) is 92.9 cm³/mol. The maximum absolute atomic E-state index is 11.4. The van der Waals surface area contributed by atoms with Crippen molar-refractivity contribution in [3.63, 3.8) is 0 Å². The van der Waals surface area contributed by atoms with Crippen molar-refractivity contribution >= 4 is 17.7 Å². The van der Waals surface area contributed by atoms with Gasteiger partial charge in [0.2, 0.25) is 0 Å². The van der Waals surface area contributed by atoms with Crippen molar-refractivity contribution in [2.75, 3.05) is 0 Å². The quantitative estimate of drug-likeness (QED) is 0.471. The molecule has 136 valence electrons. The molecule has 3 N–H and O–H groups in total. The van der Waals surface area contributed by atoms with Crippen molar-refractivity contribution < 1.29 is 32.1 Å². The average Bonchev–Trinajstić information content (AvgIpc) is 2.53. The summed E-state index contributed by atoms with van der Waals surface area (Å²) in [6.45, 7) is 0. The van der Waals surface area contributed by atoms with Gasteiger partial charge in [0.05, 0.1) is 0 Å². The lowest BCUT2D eigenvalue weighted by Crippen LogP contribution is -2.22. The molecule has 0 aliphatic heterocycles. The van der Waals surface area contributed by atoms with Crippen LogP contribution in [0.25, 0.3) is 0 Å². The lowest BCUT2D eigenvalue weighted by molar-refractivity contribution is 0.191. The van der Waals surface area contributed by atoms with Crippen molar-refractivity contribution in [2.45, 2.75) is 23.9 Å². The summed E-state index contributed by atoms with van der Waals surface area (Å²) in [6, 6.07) is 17.7. The highest BCUT2D eigenvalue weighted by molar-refractivity contribution is 7.93. The van der Waals surface area contributed by atoms with Gasteiger partial charge in [0.25, 0.3) is 10.1 Å². The summed E-state index contributed by atoms with van der Waals surface area (Å²) < 4.78 is 49.0. The molecule has 0 amide bonds. The highest BCUT2D eigenvalue weighted by Gasteiger charge is 2.40. The molecular weight excluding hydrogens is 367 g/mol. The zero-order valence-electron chi connectivity index (χ0n) is 13.2. The molecular formula is C16H19O7PS. The van der Waals surface area contributed by atoms with Crippen molar-refractivity contribution in [2.24, 2.45) is 0 Å². The summed E-state index contributed by atoms with van der Waals surface area (Å²) in [4.78, 5) is 16.3. The lowest BCUT2D eigenvalue weighted by atomic mass is 10.1. The zero-order chi connectivity index (χ0) is 18.5. The standard InChI is InChI=1S/C16H19O7PS/c17-24(18,19)16(25(20,21)22)12-11-15(13-7-3-1-4-8-13)23-14-9-5-2-6-10-14/h1-10,15-16H,11-12H2,(H2,17,18,19)(H,20,21,22). The average molecular weight is 386 g/mol.